The second-order valence-electron chi connectivity index (χ2n) is 5.57. The number of nitrogens with two attached hydrogens (primary N) is 2. The van der Waals surface area contributed by atoms with Gasteiger partial charge in [0.05, 0.1) is 0 Å². The number of hydrogen-bond donors (Lipinski definition) is 4. The Morgan fingerprint density at radius 1 is 0.800 bits per heavy atom. The van der Waals surface area contributed by atoms with Gasteiger partial charge in [0.1, 0.15) is 23.0 Å². The highest BCUT2D eigenvalue weighted by atomic mass is 16.3. The fourth-order valence-corrected chi connectivity index (χ4v) is 2.40. The Morgan fingerprint density at radius 3 is 2.12 bits per heavy atom. The first-order valence-electron chi connectivity index (χ1n) is 7.70. The number of amidine groups is 2. The molecule has 3 aromatic rings. The van der Waals surface area contributed by atoms with Crippen molar-refractivity contribution in [3.05, 3.63) is 83.1 Å². The van der Waals surface area contributed by atoms with E-state index in [2.05, 4.69) is 0 Å². The maximum Gasteiger partial charge on any atom is 0.134 e. The van der Waals surface area contributed by atoms with Gasteiger partial charge in [0.15, 0.2) is 0 Å². The van der Waals surface area contributed by atoms with Crippen molar-refractivity contribution in [2.75, 3.05) is 0 Å². The molecule has 0 saturated heterocycles. The van der Waals surface area contributed by atoms with Gasteiger partial charge in [0, 0.05) is 16.5 Å². The van der Waals surface area contributed by atoms with Crippen molar-refractivity contribution < 1.29 is 4.42 Å². The van der Waals surface area contributed by atoms with Crippen molar-refractivity contribution in [3.8, 4) is 0 Å². The Balaban J connectivity index is 1.72. The summed E-state index contributed by atoms with van der Waals surface area (Å²) >= 11 is 0. The number of furan rings is 1. The highest BCUT2D eigenvalue weighted by Crippen LogP contribution is 2.21. The summed E-state index contributed by atoms with van der Waals surface area (Å²) in [6.45, 7) is 0. The van der Waals surface area contributed by atoms with Gasteiger partial charge in [0.2, 0.25) is 0 Å². The number of nitrogen functional groups attached to an aromatic ring is 2. The fourth-order valence-electron chi connectivity index (χ4n) is 2.40. The average molecular weight is 330 g/mol. The Bertz CT molecular complexity index is 994. The van der Waals surface area contributed by atoms with Crippen LogP contribution in [-0.2, 0) is 0 Å². The highest BCUT2D eigenvalue weighted by molar-refractivity contribution is 5.98. The number of benzene rings is 2. The van der Waals surface area contributed by atoms with Crippen molar-refractivity contribution in [1.82, 2.24) is 0 Å². The molecule has 0 aliphatic rings. The molecule has 2 aromatic carbocycles. The molecule has 0 unspecified atom stereocenters. The fraction of sp³-hybridized carbons (Fsp3) is 0. The van der Waals surface area contributed by atoms with Crippen LogP contribution >= 0.6 is 0 Å². The Morgan fingerprint density at radius 2 is 1.44 bits per heavy atom. The van der Waals surface area contributed by atoms with Crippen molar-refractivity contribution in [2.45, 2.75) is 0 Å². The van der Waals surface area contributed by atoms with Gasteiger partial charge in [-0.25, -0.2) is 0 Å². The van der Waals surface area contributed by atoms with E-state index in [4.69, 9.17) is 26.7 Å². The molecule has 0 saturated carbocycles. The third-order valence-corrected chi connectivity index (χ3v) is 3.73. The number of fused-ring (bicyclic) bond motifs is 1. The molecule has 0 spiro atoms. The predicted molar refractivity (Wildman–Crippen MR) is 103 cm³/mol. The number of allylic oxidation sites excluding steroid dienone is 2. The molecule has 0 fully saturated rings. The average Bonchev–Trinajstić information content (AvgIpc) is 3.01. The van der Waals surface area contributed by atoms with Crippen LogP contribution in [-0.4, -0.2) is 11.7 Å². The molecule has 0 radical (unpaired) electrons. The maximum absolute atomic E-state index is 7.48. The van der Waals surface area contributed by atoms with E-state index in [1.54, 1.807) is 6.07 Å². The van der Waals surface area contributed by atoms with Crippen LogP contribution in [0.5, 0.6) is 0 Å². The molecule has 6 N–H and O–H groups in total. The number of nitrogens with one attached hydrogen (secondary N) is 2. The van der Waals surface area contributed by atoms with E-state index in [1.807, 2.05) is 66.8 Å². The molecule has 5 nitrogen and oxygen atoms in total. The van der Waals surface area contributed by atoms with Crippen molar-refractivity contribution in [1.29, 1.82) is 10.8 Å². The topological polar surface area (TPSA) is 113 Å². The van der Waals surface area contributed by atoms with Gasteiger partial charge in [-0.15, -0.1) is 0 Å². The summed E-state index contributed by atoms with van der Waals surface area (Å²) in [5.41, 5.74) is 14.1. The molecule has 0 bridgehead atoms. The van der Waals surface area contributed by atoms with Crippen molar-refractivity contribution in [3.63, 3.8) is 0 Å². The first kappa shape index (κ1) is 16.3. The van der Waals surface area contributed by atoms with Crippen molar-refractivity contribution >= 4 is 34.8 Å². The molecule has 0 aliphatic carbocycles. The van der Waals surface area contributed by atoms with Gasteiger partial charge in [-0.05, 0) is 35.9 Å². The van der Waals surface area contributed by atoms with E-state index in [-0.39, 0.29) is 11.7 Å². The molecule has 5 heteroatoms. The predicted octanol–water partition coefficient (Wildman–Crippen LogP) is 3.73. The van der Waals surface area contributed by atoms with Gasteiger partial charge >= 0.3 is 0 Å². The van der Waals surface area contributed by atoms with Crippen LogP contribution in [0.15, 0.2) is 65.1 Å². The summed E-state index contributed by atoms with van der Waals surface area (Å²) in [5.74, 6) is 0.833. The van der Waals surface area contributed by atoms with Crippen LogP contribution in [0.3, 0.4) is 0 Å². The normalized spacial score (nSPS) is 11.5. The lowest BCUT2D eigenvalue weighted by molar-refractivity contribution is 0.604. The van der Waals surface area contributed by atoms with Gasteiger partial charge in [-0.1, -0.05) is 42.5 Å². The molecule has 25 heavy (non-hydrogen) atoms. The summed E-state index contributed by atoms with van der Waals surface area (Å²) < 4.78 is 5.73. The van der Waals surface area contributed by atoms with E-state index in [9.17, 15) is 0 Å². The van der Waals surface area contributed by atoms with Crippen molar-refractivity contribution in [2.24, 2.45) is 11.5 Å². The Hall–Kier alpha value is -3.60. The molecular weight excluding hydrogens is 312 g/mol. The van der Waals surface area contributed by atoms with Crippen LogP contribution in [0.2, 0.25) is 0 Å². The largest absolute Gasteiger partial charge is 0.457 e. The molecule has 124 valence electrons. The summed E-state index contributed by atoms with van der Waals surface area (Å²) in [7, 11) is 0. The minimum Gasteiger partial charge on any atom is -0.457 e. The lowest BCUT2D eigenvalue weighted by Gasteiger charge is -1.97. The summed E-state index contributed by atoms with van der Waals surface area (Å²) in [5, 5.41) is 15.8. The third kappa shape index (κ3) is 3.84. The molecule has 0 atom stereocenters. The Kier molecular flexibility index (Phi) is 4.48. The zero-order valence-corrected chi connectivity index (χ0v) is 13.5. The molecular formula is C20H18N4O. The number of hydrogen-bond acceptors (Lipinski definition) is 3. The quantitative estimate of drug-likeness (QED) is 0.325. The van der Waals surface area contributed by atoms with E-state index >= 15 is 0 Å². The second-order valence-corrected chi connectivity index (χ2v) is 5.57. The van der Waals surface area contributed by atoms with Gasteiger partial charge in [-0.3, -0.25) is 10.8 Å². The zero-order chi connectivity index (χ0) is 17.8. The minimum absolute atomic E-state index is 0.0407. The standard InChI is InChI=1S/C20H18N4O/c21-19(22)14-7-5-13(6-8-14)3-1-2-4-17-12-16-11-15(20(23)24)9-10-18(16)25-17/h1-12H,(H3,21,22)(H3,23,24)/b3-1+,4-2+. The molecule has 3 rings (SSSR count). The van der Waals surface area contributed by atoms with Crippen LogP contribution in [0, 0.1) is 10.8 Å². The summed E-state index contributed by atoms with van der Waals surface area (Å²) in [4.78, 5) is 0. The molecule has 1 aromatic heterocycles. The van der Waals surface area contributed by atoms with Gasteiger partial charge in [0.25, 0.3) is 0 Å². The van der Waals surface area contributed by atoms with Gasteiger partial charge < -0.3 is 15.9 Å². The zero-order valence-electron chi connectivity index (χ0n) is 13.5. The van der Waals surface area contributed by atoms with Gasteiger partial charge in [-0.2, -0.15) is 0 Å². The molecule has 0 aliphatic heterocycles. The number of rotatable bonds is 5. The van der Waals surface area contributed by atoms with Crippen LogP contribution in [0.1, 0.15) is 22.5 Å². The maximum atomic E-state index is 7.48. The first-order chi connectivity index (χ1) is 12.0. The molecule has 1 heterocycles. The van der Waals surface area contributed by atoms with E-state index in [0.29, 0.717) is 11.1 Å². The van der Waals surface area contributed by atoms with E-state index in [0.717, 1.165) is 22.3 Å². The van der Waals surface area contributed by atoms with Crippen LogP contribution in [0.25, 0.3) is 23.1 Å². The smallest absolute Gasteiger partial charge is 0.134 e. The lowest BCUT2D eigenvalue weighted by atomic mass is 10.1. The molecule has 0 amide bonds. The van der Waals surface area contributed by atoms with Crippen LogP contribution in [0.4, 0.5) is 0 Å². The minimum atomic E-state index is 0.0407. The van der Waals surface area contributed by atoms with E-state index in [1.165, 1.54) is 0 Å². The summed E-state index contributed by atoms with van der Waals surface area (Å²) in [6, 6.07) is 14.8. The Labute approximate surface area is 145 Å². The summed E-state index contributed by atoms with van der Waals surface area (Å²) in [6.07, 6.45) is 7.63. The SMILES string of the molecule is N=C(N)c1ccc(/C=C/C=C/c2cc3cc(C(=N)N)ccc3o2)cc1. The monoisotopic (exact) mass is 330 g/mol. The second kappa shape index (κ2) is 6.88. The highest BCUT2D eigenvalue weighted by Gasteiger charge is 2.03. The first-order valence-corrected chi connectivity index (χ1v) is 7.70. The van der Waals surface area contributed by atoms with E-state index < -0.39 is 0 Å². The lowest BCUT2D eigenvalue weighted by Crippen LogP contribution is -2.10. The van der Waals surface area contributed by atoms with Crippen LogP contribution < -0.4 is 11.5 Å². The third-order valence-electron chi connectivity index (χ3n) is 3.73.